The molecule has 2 amide bonds. The minimum absolute atomic E-state index is 0.00388. The van der Waals surface area contributed by atoms with Gasteiger partial charge in [0.05, 0.1) is 18.8 Å². The highest BCUT2D eigenvalue weighted by Crippen LogP contribution is 2.39. The minimum atomic E-state index is -0.576. The summed E-state index contributed by atoms with van der Waals surface area (Å²) in [7, 11) is 2.13. The third-order valence-electron chi connectivity index (χ3n) is 9.14. The van der Waals surface area contributed by atoms with E-state index in [1.54, 1.807) is 5.48 Å². The van der Waals surface area contributed by atoms with Crippen molar-refractivity contribution in [1.82, 2.24) is 15.7 Å². The fourth-order valence-electron chi connectivity index (χ4n) is 6.14. The number of ether oxygens (including phenoxy) is 2. The van der Waals surface area contributed by atoms with Gasteiger partial charge in [0.1, 0.15) is 0 Å². The van der Waals surface area contributed by atoms with E-state index in [-0.39, 0.29) is 37.2 Å². The first-order valence-electron chi connectivity index (χ1n) is 17.0. The van der Waals surface area contributed by atoms with Crippen LogP contribution in [0.15, 0.2) is 103 Å². The van der Waals surface area contributed by atoms with E-state index < -0.39 is 12.2 Å². The number of unbranched alkanes of at least 4 members (excludes halogenated alkanes) is 1. The number of amides is 2. The van der Waals surface area contributed by atoms with Gasteiger partial charge < -0.3 is 19.9 Å². The molecule has 1 saturated heterocycles. The molecule has 0 aliphatic carbocycles. The molecule has 1 aliphatic heterocycles. The Morgan fingerprint density at radius 3 is 2.22 bits per heavy atom. The Hall–Kier alpha value is -4.38. The molecule has 0 aromatic heterocycles. The molecular formula is C40H47N3O6. The Labute approximate surface area is 288 Å². The number of rotatable bonds is 15. The van der Waals surface area contributed by atoms with Crippen molar-refractivity contribution >= 4 is 11.8 Å². The third kappa shape index (κ3) is 10.3. The Kier molecular flexibility index (Phi) is 13.1. The second-order valence-corrected chi connectivity index (χ2v) is 12.7. The molecular weight excluding hydrogens is 618 g/mol. The molecule has 0 radical (unpaired) electrons. The number of benzene rings is 4. The zero-order chi connectivity index (χ0) is 34.6. The van der Waals surface area contributed by atoms with Crippen LogP contribution < -0.4 is 10.8 Å². The number of nitrogens with zero attached hydrogens (tertiary/aromatic N) is 1. The van der Waals surface area contributed by atoms with Crippen LogP contribution in [0.25, 0.3) is 11.1 Å². The highest BCUT2D eigenvalue weighted by atomic mass is 16.7. The lowest BCUT2D eigenvalue weighted by atomic mass is 9.98. The molecule has 4 N–H and O–H groups in total. The van der Waals surface area contributed by atoms with Crippen LogP contribution in [0.1, 0.15) is 85.3 Å². The number of hydrogen-bond acceptors (Lipinski definition) is 7. The molecule has 49 heavy (non-hydrogen) atoms. The Morgan fingerprint density at radius 2 is 1.51 bits per heavy atom. The first-order chi connectivity index (χ1) is 23.8. The molecule has 0 unspecified atom stereocenters. The number of carbonyl (C=O) groups is 2. The first kappa shape index (κ1) is 35.9. The molecule has 1 heterocycles. The van der Waals surface area contributed by atoms with Crippen LogP contribution in [0.3, 0.4) is 0 Å². The number of nitrogens with one attached hydrogen (secondary N) is 2. The Morgan fingerprint density at radius 1 is 0.816 bits per heavy atom. The Bertz CT molecular complexity index is 1650. The summed E-state index contributed by atoms with van der Waals surface area (Å²) in [5.41, 5.74) is 8.70. The first-order valence-corrected chi connectivity index (χ1v) is 17.0. The van der Waals surface area contributed by atoms with Gasteiger partial charge in [-0.1, -0.05) is 91.0 Å². The molecule has 9 nitrogen and oxygen atoms in total. The maximum Gasteiger partial charge on any atom is 0.243 e. The van der Waals surface area contributed by atoms with E-state index in [2.05, 4.69) is 66.7 Å². The quantitative estimate of drug-likeness (QED) is 0.0629. The van der Waals surface area contributed by atoms with Gasteiger partial charge in [-0.3, -0.25) is 19.7 Å². The Balaban J connectivity index is 1.28. The van der Waals surface area contributed by atoms with Crippen LogP contribution in [-0.4, -0.2) is 46.7 Å². The summed E-state index contributed by atoms with van der Waals surface area (Å²) in [5.74, 6) is -0.528. The monoisotopic (exact) mass is 665 g/mol. The number of likely N-dealkylation sites (N-methyl/N-ethyl adjacent to an activating group) is 1. The number of hydroxylamine groups is 1. The van der Waals surface area contributed by atoms with Gasteiger partial charge in [0.2, 0.25) is 11.8 Å². The zero-order valence-corrected chi connectivity index (χ0v) is 28.3. The molecule has 0 saturated carbocycles. The van der Waals surface area contributed by atoms with Crippen molar-refractivity contribution in [2.24, 2.45) is 0 Å². The summed E-state index contributed by atoms with van der Waals surface area (Å²) >= 11 is 0. The fourth-order valence-corrected chi connectivity index (χ4v) is 6.14. The molecule has 5 rings (SSSR count). The summed E-state index contributed by atoms with van der Waals surface area (Å²) < 4.78 is 13.3. The average Bonchev–Trinajstić information content (AvgIpc) is 3.15. The van der Waals surface area contributed by atoms with Gasteiger partial charge in [0, 0.05) is 44.0 Å². The number of aliphatic hydroxyl groups excluding tert-OH is 1. The van der Waals surface area contributed by atoms with Crippen molar-refractivity contribution < 1.29 is 29.4 Å². The van der Waals surface area contributed by atoms with E-state index in [9.17, 15) is 14.7 Å². The van der Waals surface area contributed by atoms with Crippen LogP contribution in [0, 0.1) is 0 Å². The highest BCUT2D eigenvalue weighted by molar-refractivity contribution is 5.76. The molecule has 1 aliphatic rings. The summed E-state index contributed by atoms with van der Waals surface area (Å²) in [6.45, 7) is 3.33. The molecule has 9 heteroatoms. The maximum absolute atomic E-state index is 12.4. The van der Waals surface area contributed by atoms with Crippen LogP contribution in [-0.2, 0) is 32.2 Å². The topological polar surface area (TPSA) is 120 Å². The largest absolute Gasteiger partial charge is 0.392 e. The van der Waals surface area contributed by atoms with Gasteiger partial charge in [-0.05, 0) is 72.3 Å². The van der Waals surface area contributed by atoms with Crippen molar-refractivity contribution in [1.29, 1.82) is 0 Å². The van der Waals surface area contributed by atoms with Crippen LogP contribution in [0.5, 0.6) is 0 Å². The van der Waals surface area contributed by atoms with Crippen molar-refractivity contribution in [2.45, 2.75) is 76.7 Å². The van der Waals surface area contributed by atoms with E-state index in [4.69, 9.17) is 14.7 Å². The van der Waals surface area contributed by atoms with E-state index in [0.29, 0.717) is 32.2 Å². The predicted octanol–water partition coefficient (Wildman–Crippen LogP) is 6.77. The third-order valence-corrected chi connectivity index (χ3v) is 9.14. The number of carbonyl (C=O) groups excluding carboxylic acids is 2. The van der Waals surface area contributed by atoms with Crippen molar-refractivity contribution in [3.8, 4) is 11.1 Å². The lowest BCUT2D eigenvalue weighted by Crippen LogP contribution is -2.38. The lowest BCUT2D eigenvalue weighted by Gasteiger charge is -2.39. The minimum Gasteiger partial charge on any atom is -0.392 e. The van der Waals surface area contributed by atoms with Gasteiger partial charge in [0.25, 0.3) is 0 Å². The normalized spacial score (nSPS) is 18.2. The number of aliphatic hydroxyl groups is 1. The van der Waals surface area contributed by atoms with Crippen molar-refractivity contribution in [3.63, 3.8) is 0 Å². The van der Waals surface area contributed by atoms with E-state index >= 15 is 0 Å². The lowest BCUT2D eigenvalue weighted by molar-refractivity contribution is -0.253. The number of hydrogen-bond donors (Lipinski definition) is 4. The molecule has 0 spiro atoms. The summed E-state index contributed by atoms with van der Waals surface area (Å²) in [4.78, 5) is 25.8. The second kappa shape index (κ2) is 17.9. The zero-order valence-electron chi connectivity index (χ0n) is 28.3. The van der Waals surface area contributed by atoms with Gasteiger partial charge in [-0.2, -0.15) is 0 Å². The average molecular weight is 666 g/mol. The van der Waals surface area contributed by atoms with Crippen LogP contribution >= 0.6 is 0 Å². The van der Waals surface area contributed by atoms with Crippen LogP contribution in [0.4, 0.5) is 0 Å². The molecule has 258 valence electrons. The molecule has 4 atom stereocenters. The maximum atomic E-state index is 12.4. The summed E-state index contributed by atoms with van der Waals surface area (Å²) in [5, 5.41) is 21.1. The molecule has 4 aromatic carbocycles. The van der Waals surface area contributed by atoms with Gasteiger partial charge in [-0.15, -0.1) is 0 Å². The predicted molar refractivity (Wildman–Crippen MR) is 188 cm³/mol. The summed E-state index contributed by atoms with van der Waals surface area (Å²) in [6.07, 6.45) is 1.46. The van der Waals surface area contributed by atoms with E-state index in [0.717, 1.165) is 39.9 Å². The second-order valence-electron chi connectivity index (χ2n) is 12.7. The van der Waals surface area contributed by atoms with Gasteiger partial charge in [0.15, 0.2) is 6.29 Å². The van der Waals surface area contributed by atoms with E-state index in [1.165, 1.54) is 5.56 Å². The molecule has 4 aromatic rings. The fraction of sp³-hybridized carbons (Fsp3) is 0.350. The SMILES string of the molecule is C[C@@H](c1ccccc1)N(C)C[C@@H]1C[C@H](c2ccc(CO)cc2)O[C@H](c2cccc(-c3cccc(CNC(=O)CCCCC(=O)NO)c3)c2)O1. The highest BCUT2D eigenvalue weighted by Gasteiger charge is 2.33. The van der Waals surface area contributed by atoms with Crippen molar-refractivity contribution in [2.75, 3.05) is 13.6 Å². The summed E-state index contributed by atoms with van der Waals surface area (Å²) in [6, 6.07) is 34.9. The molecule has 1 fully saturated rings. The van der Waals surface area contributed by atoms with E-state index in [1.807, 2.05) is 60.7 Å². The van der Waals surface area contributed by atoms with Gasteiger partial charge in [-0.25, -0.2) is 5.48 Å². The van der Waals surface area contributed by atoms with Gasteiger partial charge >= 0.3 is 0 Å². The van der Waals surface area contributed by atoms with Crippen LogP contribution in [0.2, 0.25) is 0 Å². The standard InChI is InChI=1S/C40H47N3O6/c1-28(31-11-4-3-5-12-31)43(2)26-36-24-37(32-20-18-29(27-44)19-21-32)49-40(48-36)35-15-9-14-34(23-35)33-13-8-10-30(22-33)25-41-38(45)16-6-7-17-39(46)42-47/h3-5,8-15,18-23,28,36-37,40,44,47H,6-7,16-17,24-27H2,1-2H3,(H,41,45)(H,42,46)/t28-,36-,37+,40+/m0/s1. The smallest absolute Gasteiger partial charge is 0.243 e. The molecule has 0 bridgehead atoms. The van der Waals surface area contributed by atoms with Crippen molar-refractivity contribution in [3.05, 3.63) is 131 Å².